The minimum atomic E-state index is -4.79. The molecule has 0 aliphatic heterocycles. The number of sulfonamides is 1. The molecule has 0 unspecified atom stereocenters. The molecule has 188 valence electrons. The molecule has 1 amide bonds. The highest BCUT2D eigenvalue weighted by molar-refractivity contribution is 7.92. The molecule has 0 saturated heterocycles. The van der Waals surface area contributed by atoms with Crippen LogP contribution in [0.5, 0.6) is 0 Å². The summed E-state index contributed by atoms with van der Waals surface area (Å²) >= 11 is 0. The number of furan rings is 1. The molecule has 1 aliphatic rings. The van der Waals surface area contributed by atoms with Gasteiger partial charge in [0.15, 0.2) is 0 Å². The zero-order chi connectivity index (χ0) is 25.5. The first-order chi connectivity index (χ1) is 16.4. The van der Waals surface area contributed by atoms with Crippen LogP contribution in [0.4, 0.5) is 10.1 Å². The van der Waals surface area contributed by atoms with Crippen molar-refractivity contribution in [1.29, 1.82) is 0 Å². The molecule has 0 bridgehead atoms. The number of fused-ring (bicyclic) bond motifs is 1. The van der Waals surface area contributed by atoms with Crippen LogP contribution in [0.2, 0.25) is 0 Å². The number of benzene rings is 2. The monoisotopic (exact) mass is 526 g/mol. The van der Waals surface area contributed by atoms with E-state index < -0.39 is 36.2 Å². The number of phosphoric acid groups is 1. The zero-order valence-corrected chi connectivity index (χ0v) is 20.6. The summed E-state index contributed by atoms with van der Waals surface area (Å²) in [4.78, 5) is 30.8. The summed E-state index contributed by atoms with van der Waals surface area (Å²) in [7, 11) is -7.20. The average molecular weight is 526 g/mol. The van der Waals surface area contributed by atoms with E-state index in [9.17, 15) is 22.2 Å². The molecule has 1 aliphatic carbocycles. The molecule has 2 aromatic carbocycles. The van der Waals surface area contributed by atoms with Gasteiger partial charge in [0.25, 0.3) is 5.91 Å². The van der Waals surface area contributed by atoms with Crippen LogP contribution in [-0.4, -0.2) is 50.6 Å². The second-order valence-electron chi connectivity index (χ2n) is 8.23. The lowest BCUT2D eigenvalue weighted by Crippen LogP contribution is -2.33. The first-order valence-electron chi connectivity index (χ1n) is 10.7. The number of amides is 1. The summed E-state index contributed by atoms with van der Waals surface area (Å²) < 4.78 is 61.3. The van der Waals surface area contributed by atoms with Gasteiger partial charge in [0, 0.05) is 24.1 Å². The first kappa shape index (κ1) is 25.3. The van der Waals surface area contributed by atoms with Crippen molar-refractivity contribution in [3.63, 3.8) is 0 Å². The van der Waals surface area contributed by atoms with E-state index in [4.69, 9.17) is 14.2 Å². The van der Waals surface area contributed by atoms with Crippen molar-refractivity contribution in [3.8, 4) is 11.3 Å². The van der Waals surface area contributed by atoms with Crippen LogP contribution in [-0.2, 0) is 19.1 Å². The van der Waals surface area contributed by atoms with Gasteiger partial charge in [-0.05, 0) is 54.7 Å². The lowest BCUT2D eigenvalue weighted by Gasteiger charge is -2.25. The van der Waals surface area contributed by atoms with Crippen molar-refractivity contribution >= 4 is 40.4 Å². The van der Waals surface area contributed by atoms with Crippen molar-refractivity contribution in [2.75, 3.05) is 30.8 Å². The van der Waals surface area contributed by atoms with Gasteiger partial charge in [-0.3, -0.25) is 13.6 Å². The van der Waals surface area contributed by atoms with Crippen molar-refractivity contribution < 1.29 is 40.9 Å². The summed E-state index contributed by atoms with van der Waals surface area (Å²) in [6, 6.07) is 8.65. The first-order valence-corrected chi connectivity index (χ1v) is 14.0. The molecule has 3 N–H and O–H groups in total. The molecule has 10 nitrogen and oxygen atoms in total. The summed E-state index contributed by atoms with van der Waals surface area (Å²) in [5.74, 6) is -0.629. The molecule has 1 aromatic heterocycles. The van der Waals surface area contributed by atoms with E-state index in [2.05, 4.69) is 9.84 Å². The maximum Gasteiger partial charge on any atom is 0.469 e. The highest BCUT2D eigenvalue weighted by atomic mass is 32.2. The third-order valence-electron chi connectivity index (χ3n) is 5.64. The van der Waals surface area contributed by atoms with Gasteiger partial charge in [0.1, 0.15) is 17.2 Å². The number of nitrogens with one attached hydrogen (secondary N) is 1. The summed E-state index contributed by atoms with van der Waals surface area (Å²) in [6.07, 6.45) is 2.60. The molecular formula is C22H24FN2O8PS. The van der Waals surface area contributed by atoms with Gasteiger partial charge in [-0.15, -0.1) is 0 Å². The number of carbonyl (C=O) groups is 1. The maximum absolute atomic E-state index is 13.5. The molecule has 3 aromatic rings. The van der Waals surface area contributed by atoms with Gasteiger partial charge in [-0.2, -0.15) is 0 Å². The Morgan fingerprint density at radius 1 is 1.26 bits per heavy atom. The van der Waals surface area contributed by atoms with E-state index >= 15 is 0 Å². The molecule has 1 saturated carbocycles. The largest absolute Gasteiger partial charge is 0.469 e. The summed E-state index contributed by atoms with van der Waals surface area (Å²) in [5.41, 5.74) is 1.87. The number of carbonyl (C=O) groups excluding carboxylic acids is 1. The van der Waals surface area contributed by atoms with E-state index in [1.165, 1.54) is 37.4 Å². The lowest BCUT2D eigenvalue weighted by molar-refractivity contribution is 0.0964. The predicted molar refractivity (Wildman–Crippen MR) is 127 cm³/mol. The van der Waals surface area contributed by atoms with Crippen LogP contribution in [0.25, 0.3) is 22.3 Å². The summed E-state index contributed by atoms with van der Waals surface area (Å²) in [6.45, 7) is -0.884. The van der Waals surface area contributed by atoms with Crippen LogP contribution in [0.15, 0.2) is 40.8 Å². The van der Waals surface area contributed by atoms with Crippen LogP contribution < -0.4 is 9.62 Å². The fourth-order valence-corrected chi connectivity index (χ4v) is 5.19. The van der Waals surface area contributed by atoms with Gasteiger partial charge < -0.3 is 19.5 Å². The molecular weight excluding hydrogens is 502 g/mol. The van der Waals surface area contributed by atoms with E-state index in [1.807, 2.05) is 0 Å². The van der Waals surface area contributed by atoms with Crippen molar-refractivity contribution in [2.45, 2.75) is 18.8 Å². The molecule has 0 atom stereocenters. The highest BCUT2D eigenvalue weighted by Gasteiger charge is 2.33. The van der Waals surface area contributed by atoms with Gasteiger partial charge in [0.05, 0.1) is 30.7 Å². The number of hydrogen-bond acceptors (Lipinski definition) is 6. The van der Waals surface area contributed by atoms with Crippen LogP contribution in [0.1, 0.15) is 34.7 Å². The summed E-state index contributed by atoms with van der Waals surface area (Å²) in [5, 5.41) is 3.05. The second kappa shape index (κ2) is 9.36. The minimum Gasteiger partial charge on any atom is -0.455 e. The number of phosphoric ester groups is 1. The fourth-order valence-electron chi connectivity index (χ4n) is 3.95. The van der Waals surface area contributed by atoms with Gasteiger partial charge in [0.2, 0.25) is 10.0 Å². The zero-order valence-electron chi connectivity index (χ0n) is 18.9. The number of rotatable bonds is 9. The van der Waals surface area contributed by atoms with Crippen LogP contribution in [0.3, 0.4) is 0 Å². The molecule has 13 heteroatoms. The molecule has 0 radical (unpaired) electrons. The van der Waals surface area contributed by atoms with Crippen LogP contribution >= 0.6 is 7.82 Å². The molecule has 1 fully saturated rings. The van der Waals surface area contributed by atoms with E-state index in [-0.39, 0.29) is 35.1 Å². The van der Waals surface area contributed by atoms with Crippen molar-refractivity contribution in [2.24, 2.45) is 0 Å². The smallest absolute Gasteiger partial charge is 0.455 e. The topological polar surface area (TPSA) is 146 Å². The Morgan fingerprint density at radius 3 is 2.46 bits per heavy atom. The van der Waals surface area contributed by atoms with E-state index in [0.717, 1.165) is 23.4 Å². The van der Waals surface area contributed by atoms with Gasteiger partial charge >= 0.3 is 7.82 Å². The Hall–Kier alpha value is -2.76. The Bertz CT molecular complexity index is 1430. The standard InChI is InChI=1S/C22H24FN2O8PS/c1-24-22(26)20-17-11-16(13-3-4-13)18(25(35(2,30)31)9-10-32-34(27,28)29)12-19(17)33-21(20)14-5-7-15(23)8-6-14/h5-8,11-13H,3-4,9-10H2,1-2H3,(H,24,26)(H2,27,28,29). The molecule has 35 heavy (non-hydrogen) atoms. The van der Waals surface area contributed by atoms with Crippen LogP contribution in [0, 0.1) is 5.82 Å². The third kappa shape index (κ3) is 5.57. The predicted octanol–water partition coefficient (Wildman–Crippen LogP) is 3.35. The Kier molecular flexibility index (Phi) is 6.78. The second-order valence-corrected chi connectivity index (χ2v) is 11.4. The third-order valence-corrected chi connectivity index (χ3v) is 7.34. The maximum atomic E-state index is 13.5. The van der Waals surface area contributed by atoms with Gasteiger partial charge in [-0.1, -0.05) is 0 Å². The number of anilines is 1. The van der Waals surface area contributed by atoms with Crippen molar-refractivity contribution in [1.82, 2.24) is 5.32 Å². The molecule has 0 spiro atoms. The normalized spacial score (nSPS) is 14.3. The fraction of sp³-hybridized carbons (Fsp3) is 0.318. The SMILES string of the molecule is CNC(=O)c1c(-c2ccc(F)cc2)oc2cc(N(CCOP(=O)(O)O)S(C)(=O)=O)c(C3CC3)cc12. The van der Waals surface area contributed by atoms with E-state index in [0.29, 0.717) is 16.5 Å². The highest BCUT2D eigenvalue weighted by Crippen LogP contribution is 2.48. The number of nitrogens with zero attached hydrogens (tertiary/aromatic N) is 1. The number of halogens is 1. The van der Waals surface area contributed by atoms with E-state index in [1.54, 1.807) is 6.07 Å². The quantitative estimate of drug-likeness (QED) is 0.360. The molecule has 1 heterocycles. The van der Waals surface area contributed by atoms with Crippen molar-refractivity contribution in [3.05, 3.63) is 53.3 Å². The minimum absolute atomic E-state index is 0.0445. The lowest BCUT2D eigenvalue weighted by atomic mass is 10.0. The van der Waals surface area contributed by atoms with Gasteiger partial charge in [-0.25, -0.2) is 17.4 Å². The Morgan fingerprint density at radius 2 is 1.91 bits per heavy atom. The average Bonchev–Trinajstić information content (AvgIpc) is 3.55. The Labute approximate surface area is 201 Å². The Balaban J connectivity index is 1.90. The molecule has 4 rings (SSSR count). The number of hydrogen-bond donors (Lipinski definition) is 3.